The Morgan fingerprint density at radius 3 is 2.77 bits per heavy atom. The molecule has 13 heavy (non-hydrogen) atoms. The van der Waals surface area contributed by atoms with Crippen LogP contribution in [0.5, 0.6) is 0 Å². The summed E-state index contributed by atoms with van der Waals surface area (Å²) in [4.78, 5) is 11.5. The lowest BCUT2D eigenvalue weighted by molar-refractivity contribution is 0.0956. The summed E-state index contributed by atoms with van der Waals surface area (Å²) in [5.74, 6) is 0.0229. The number of carbonyl (C=O) groups excluding carboxylic acids is 1. The Morgan fingerprint density at radius 2 is 2.15 bits per heavy atom. The monoisotopic (exact) mass is 289 g/mol. The molecule has 0 bridgehead atoms. The highest BCUT2D eigenvalue weighted by atomic mass is 127. The van der Waals surface area contributed by atoms with E-state index in [0.29, 0.717) is 0 Å². The maximum Gasteiger partial charge on any atom is 0.251 e. The smallest absolute Gasteiger partial charge is 0.251 e. The van der Waals surface area contributed by atoms with Crippen molar-refractivity contribution in [3.63, 3.8) is 0 Å². The standard InChI is InChI=1S/C10H12INO/c1-8-4-2-3-5-9(8)10(13)12-7-6-11/h2-5H,6-7H2,1H3,(H,12,13). The topological polar surface area (TPSA) is 29.1 Å². The summed E-state index contributed by atoms with van der Waals surface area (Å²) in [7, 11) is 0. The first-order chi connectivity index (χ1) is 6.25. The Morgan fingerprint density at radius 1 is 1.46 bits per heavy atom. The lowest BCUT2D eigenvalue weighted by Gasteiger charge is -2.05. The van der Waals surface area contributed by atoms with Crippen LogP contribution < -0.4 is 5.32 Å². The number of rotatable bonds is 3. The molecular weight excluding hydrogens is 277 g/mol. The van der Waals surface area contributed by atoms with E-state index in [1.54, 1.807) is 0 Å². The number of carbonyl (C=O) groups is 1. The molecule has 0 saturated carbocycles. The van der Waals surface area contributed by atoms with Gasteiger partial charge in [-0.15, -0.1) is 0 Å². The van der Waals surface area contributed by atoms with Gasteiger partial charge in [0.15, 0.2) is 0 Å². The van der Waals surface area contributed by atoms with Crippen LogP contribution in [0.15, 0.2) is 24.3 Å². The minimum absolute atomic E-state index is 0.0229. The van der Waals surface area contributed by atoms with Gasteiger partial charge in [0.2, 0.25) is 0 Å². The molecule has 0 radical (unpaired) electrons. The van der Waals surface area contributed by atoms with Gasteiger partial charge in [-0.1, -0.05) is 40.8 Å². The van der Waals surface area contributed by atoms with E-state index in [4.69, 9.17) is 0 Å². The maximum atomic E-state index is 11.5. The minimum atomic E-state index is 0.0229. The number of halogens is 1. The van der Waals surface area contributed by atoms with E-state index in [1.807, 2.05) is 31.2 Å². The van der Waals surface area contributed by atoms with Crippen molar-refractivity contribution >= 4 is 28.5 Å². The van der Waals surface area contributed by atoms with Gasteiger partial charge in [-0.25, -0.2) is 0 Å². The fourth-order valence-corrected chi connectivity index (χ4v) is 1.35. The molecule has 0 atom stereocenters. The van der Waals surface area contributed by atoms with Crippen LogP contribution >= 0.6 is 22.6 Å². The molecule has 1 N–H and O–H groups in total. The van der Waals surface area contributed by atoms with Gasteiger partial charge in [0.25, 0.3) is 5.91 Å². The van der Waals surface area contributed by atoms with Crippen molar-refractivity contribution in [2.75, 3.05) is 11.0 Å². The van der Waals surface area contributed by atoms with Crippen molar-refractivity contribution in [3.8, 4) is 0 Å². The summed E-state index contributed by atoms with van der Waals surface area (Å²) in [6.07, 6.45) is 0. The summed E-state index contributed by atoms with van der Waals surface area (Å²) in [6, 6.07) is 7.60. The van der Waals surface area contributed by atoms with Crippen molar-refractivity contribution in [2.24, 2.45) is 0 Å². The van der Waals surface area contributed by atoms with Crippen molar-refractivity contribution in [3.05, 3.63) is 35.4 Å². The highest BCUT2D eigenvalue weighted by Gasteiger charge is 2.05. The fourth-order valence-electron chi connectivity index (χ4n) is 1.08. The molecule has 3 heteroatoms. The molecule has 0 aliphatic rings. The van der Waals surface area contributed by atoms with Crippen LogP contribution in [0.25, 0.3) is 0 Å². The molecule has 1 amide bonds. The number of hydrogen-bond acceptors (Lipinski definition) is 1. The Labute approximate surface area is 91.9 Å². The highest BCUT2D eigenvalue weighted by Crippen LogP contribution is 2.05. The van der Waals surface area contributed by atoms with Gasteiger partial charge >= 0.3 is 0 Å². The van der Waals surface area contributed by atoms with E-state index in [9.17, 15) is 4.79 Å². The normalized spacial score (nSPS) is 9.69. The second-order valence-electron chi connectivity index (χ2n) is 2.76. The molecule has 0 aliphatic carbocycles. The molecule has 0 spiro atoms. The predicted octanol–water partition coefficient (Wildman–Crippen LogP) is 2.16. The second kappa shape index (κ2) is 5.21. The van der Waals surface area contributed by atoms with Crippen LogP contribution in [0.1, 0.15) is 15.9 Å². The SMILES string of the molecule is Cc1ccccc1C(=O)NCCI. The van der Waals surface area contributed by atoms with E-state index in [1.165, 1.54) is 0 Å². The molecule has 0 aliphatic heterocycles. The van der Waals surface area contributed by atoms with Gasteiger partial charge in [0.1, 0.15) is 0 Å². The van der Waals surface area contributed by atoms with E-state index < -0.39 is 0 Å². The van der Waals surface area contributed by atoms with Gasteiger partial charge < -0.3 is 5.32 Å². The minimum Gasteiger partial charge on any atom is -0.351 e. The molecule has 1 aromatic rings. The zero-order chi connectivity index (χ0) is 9.68. The third-order valence-electron chi connectivity index (χ3n) is 1.77. The van der Waals surface area contributed by atoms with Crippen LogP contribution in [0.2, 0.25) is 0 Å². The van der Waals surface area contributed by atoms with Gasteiger partial charge in [-0.2, -0.15) is 0 Å². The first-order valence-electron chi connectivity index (χ1n) is 4.15. The Bertz CT molecular complexity index is 299. The molecule has 0 unspecified atom stereocenters. The van der Waals surface area contributed by atoms with Crippen LogP contribution in [-0.4, -0.2) is 16.9 Å². The number of aryl methyl sites for hydroxylation is 1. The van der Waals surface area contributed by atoms with Gasteiger partial charge in [0.05, 0.1) is 0 Å². The van der Waals surface area contributed by atoms with E-state index in [2.05, 4.69) is 27.9 Å². The first-order valence-corrected chi connectivity index (χ1v) is 5.68. The van der Waals surface area contributed by atoms with Crippen molar-refractivity contribution in [2.45, 2.75) is 6.92 Å². The van der Waals surface area contributed by atoms with Crippen LogP contribution in [0, 0.1) is 6.92 Å². The largest absolute Gasteiger partial charge is 0.351 e. The highest BCUT2D eigenvalue weighted by molar-refractivity contribution is 14.1. The lowest BCUT2D eigenvalue weighted by Crippen LogP contribution is -2.25. The van der Waals surface area contributed by atoms with Gasteiger partial charge in [-0.3, -0.25) is 4.79 Å². The fraction of sp³-hybridized carbons (Fsp3) is 0.300. The van der Waals surface area contributed by atoms with Crippen LogP contribution in [0.3, 0.4) is 0 Å². The van der Waals surface area contributed by atoms with E-state index >= 15 is 0 Å². The first kappa shape index (κ1) is 10.5. The number of amides is 1. The second-order valence-corrected chi connectivity index (χ2v) is 3.84. The predicted molar refractivity (Wildman–Crippen MR) is 62.4 cm³/mol. The molecule has 0 aromatic heterocycles. The molecule has 1 aromatic carbocycles. The van der Waals surface area contributed by atoms with Crippen LogP contribution in [0.4, 0.5) is 0 Å². The van der Waals surface area contributed by atoms with Crippen molar-refractivity contribution in [1.82, 2.24) is 5.32 Å². The summed E-state index contributed by atoms with van der Waals surface area (Å²) in [5, 5.41) is 2.84. The molecule has 1 rings (SSSR count). The zero-order valence-corrected chi connectivity index (χ0v) is 9.67. The summed E-state index contributed by atoms with van der Waals surface area (Å²) in [5.41, 5.74) is 1.79. The van der Waals surface area contributed by atoms with E-state index in [-0.39, 0.29) is 5.91 Å². The maximum absolute atomic E-state index is 11.5. The zero-order valence-electron chi connectivity index (χ0n) is 7.51. The quantitative estimate of drug-likeness (QED) is 0.670. The third kappa shape index (κ3) is 2.99. The molecule has 0 fully saturated rings. The van der Waals surface area contributed by atoms with Crippen molar-refractivity contribution in [1.29, 1.82) is 0 Å². The number of hydrogen-bond donors (Lipinski definition) is 1. The van der Waals surface area contributed by atoms with Crippen LogP contribution in [-0.2, 0) is 0 Å². The number of alkyl halides is 1. The molecular formula is C10H12INO. The molecule has 70 valence electrons. The Kier molecular flexibility index (Phi) is 4.21. The van der Waals surface area contributed by atoms with Gasteiger partial charge in [-0.05, 0) is 18.6 Å². The summed E-state index contributed by atoms with van der Waals surface area (Å²) in [6.45, 7) is 2.67. The number of nitrogens with one attached hydrogen (secondary N) is 1. The molecule has 0 heterocycles. The Balaban J connectivity index is 2.71. The average Bonchev–Trinajstić information content (AvgIpc) is 2.15. The van der Waals surface area contributed by atoms with Crippen molar-refractivity contribution < 1.29 is 4.79 Å². The average molecular weight is 289 g/mol. The van der Waals surface area contributed by atoms with E-state index in [0.717, 1.165) is 22.1 Å². The van der Waals surface area contributed by atoms with Gasteiger partial charge in [0, 0.05) is 16.5 Å². The summed E-state index contributed by atoms with van der Waals surface area (Å²) < 4.78 is 0.940. The lowest BCUT2D eigenvalue weighted by atomic mass is 10.1. The summed E-state index contributed by atoms with van der Waals surface area (Å²) >= 11 is 2.23. The third-order valence-corrected chi connectivity index (χ3v) is 2.31. The molecule has 2 nitrogen and oxygen atoms in total. The molecule has 0 saturated heterocycles. The Hall–Kier alpha value is -0.580. The number of benzene rings is 1.